The Labute approximate surface area is 183 Å². The van der Waals surface area contributed by atoms with Gasteiger partial charge >= 0.3 is 0 Å². The van der Waals surface area contributed by atoms with Crippen molar-refractivity contribution in [1.29, 1.82) is 0 Å². The fourth-order valence-corrected chi connectivity index (χ4v) is 4.04. The molecule has 1 atom stereocenters. The van der Waals surface area contributed by atoms with Gasteiger partial charge < -0.3 is 14.7 Å². The molecule has 0 saturated carbocycles. The number of amides is 1. The van der Waals surface area contributed by atoms with Crippen molar-refractivity contribution in [3.8, 4) is 11.4 Å². The topological polar surface area (TPSA) is 81.4 Å². The molecule has 0 bridgehead atoms. The number of nitrogens with one attached hydrogen (secondary N) is 1. The molecule has 1 unspecified atom stereocenters. The molecule has 3 heterocycles. The molecule has 0 aliphatic carbocycles. The third-order valence-corrected chi connectivity index (χ3v) is 5.70. The van der Waals surface area contributed by atoms with Gasteiger partial charge in [-0.05, 0) is 43.2 Å². The maximum absolute atomic E-state index is 14.6. The lowest BCUT2D eigenvalue weighted by atomic mass is 10.0. The molecular formula is C23H21F2N5O2. The summed E-state index contributed by atoms with van der Waals surface area (Å²) in [6, 6.07) is 10.3. The predicted octanol–water partition coefficient (Wildman–Crippen LogP) is 4.08. The molecule has 0 radical (unpaired) electrons. The van der Waals surface area contributed by atoms with Gasteiger partial charge in [0.2, 0.25) is 6.10 Å². The lowest BCUT2D eigenvalue weighted by Crippen LogP contribution is -2.28. The first kappa shape index (κ1) is 20.3. The van der Waals surface area contributed by atoms with E-state index in [1.807, 2.05) is 4.57 Å². The van der Waals surface area contributed by atoms with Gasteiger partial charge in [0.15, 0.2) is 5.82 Å². The van der Waals surface area contributed by atoms with Gasteiger partial charge in [-0.15, -0.1) is 10.2 Å². The number of rotatable bonds is 4. The van der Waals surface area contributed by atoms with Crippen LogP contribution in [-0.2, 0) is 22.6 Å². The first-order valence-corrected chi connectivity index (χ1v) is 10.6. The van der Waals surface area contributed by atoms with Crippen molar-refractivity contribution in [3.63, 3.8) is 0 Å². The number of aryl methyl sites for hydroxylation is 1. The number of nitrogens with zero attached hydrogens (tertiary/aromatic N) is 4. The van der Waals surface area contributed by atoms with Gasteiger partial charge in [0, 0.05) is 30.6 Å². The molecule has 1 N–H and O–H groups in total. The molecule has 7 nitrogen and oxygen atoms in total. The Hall–Kier alpha value is -3.62. The fourth-order valence-electron chi connectivity index (χ4n) is 4.04. The molecule has 5 rings (SSSR count). The van der Waals surface area contributed by atoms with Crippen molar-refractivity contribution in [2.45, 2.75) is 44.8 Å². The number of carbonyl (C=O) groups excluding carboxylic acids is 1. The molecule has 0 fully saturated rings. The monoisotopic (exact) mass is 437 g/mol. The highest BCUT2D eigenvalue weighted by Gasteiger charge is 2.29. The number of hydrogen-bond acceptors (Lipinski definition) is 5. The first-order valence-electron chi connectivity index (χ1n) is 10.6. The standard InChI is InChI=1S/C23H21F2N5O2/c24-15-6-4-5-14(11-15)19-13-20(32-29-19)23(31)26-16-8-9-18(25)17(12-16)22-28-27-21-7-2-1-3-10-30(21)22/h4-6,8-9,11-12,20H,1-3,7,10,13H2,(H,26,31). The highest BCUT2D eigenvalue weighted by Crippen LogP contribution is 2.28. The molecule has 2 aromatic carbocycles. The van der Waals surface area contributed by atoms with Crippen LogP contribution in [0.15, 0.2) is 47.6 Å². The van der Waals surface area contributed by atoms with Crippen molar-refractivity contribution in [2.75, 3.05) is 5.32 Å². The van der Waals surface area contributed by atoms with Crippen molar-refractivity contribution < 1.29 is 18.4 Å². The van der Waals surface area contributed by atoms with E-state index < -0.39 is 17.8 Å². The average molecular weight is 437 g/mol. The number of hydrogen-bond donors (Lipinski definition) is 1. The average Bonchev–Trinajstić information content (AvgIpc) is 3.37. The molecule has 164 valence electrons. The Balaban J connectivity index is 1.32. The smallest absolute Gasteiger partial charge is 0.268 e. The number of carbonyl (C=O) groups is 1. The van der Waals surface area contributed by atoms with E-state index in [4.69, 9.17) is 4.84 Å². The summed E-state index contributed by atoms with van der Waals surface area (Å²) in [4.78, 5) is 18.0. The maximum Gasteiger partial charge on any atom is 0.268 e. The quantitative estimate of drug-likeness (QED) is 0.667. The molecule has 3 aromatic rings. The van der Waals surface area contributed by atoms with Gasteiger partial charge in [-0.25, -0.2) is 8.78 Å². The van der Waals surface area contributed by atoms with E-state index in [1.165, 1.54) is 24.3 Å². The second-order valence-electron chi connectivity index (χ2n) is 7.93. The van der Waals surface area contributed by atoms with E-state index in [9.17, 15) is 13.6 Å². The highest BCUT2D eigenvalue weighted by molar-refractivity contribution is 6.06. The van der Waals surface area contributed by atoms with Crippen LogP contribution in [0, 0.1) is 11.6 Å². The molecule has 32 heavy (non-hydrogen) atoms. The van der Waals surface area contributed by atoms with Gasteiger partial charge in [0.1, 0.15) is 17.5 Å². The molecule has 1 aromatic heterocycles. The van der Waals surface area contributed by atoms with Crippen LogP contribution in [0.25, 0.3) is 11.4 Å². The minimum absolute atomic E-state index is 0.209. The van der Waals surface area contributed by atoms with E-state index in [1.54, 1.807) is 18.2 Å². The van der Waals surface area contributed by atoms with Crippen molar-refractivity contribution >= 4 is 17.3 Å². The second kappa shape index (κ2) is 8.49. The molecule has 9 heteroatoms. The fraction of sp³-hybridized carbons (Fsp3) is 0.304. The molecule has 1 amide bonds. The van der Waals surface area contributed by atoms with Gasteiger partial charge in [-0.1, -0.05) is 23.7 Å². The van der Waals surface area contributed by atoms with Crippen molar-refractivity contribution in [3.05, 3.63) is 65.5 Å². The Morgan fingerprint density at radius 2 is 2.00 bits per heavy atom. The van der Waals surface area contributed by atoms with Crippen LogP contribution in [0.2, 0.25) is 0 Å². The minimum Gasteiger partial charge on any atom is -0.382 e. The highest BCUT2D eigenvalue weighted by atomic mass is 19.1. The first-order chi connectivity index (χ1) is 15.6. The van der Waals surface area contributed by atoms with Crippen LogP contribution in [0.1, 0.15) is 37.1 Å². The van der Waals surface area contributed by atoms with Gasteiger partial charge in [-0.3, -0.25) is 4.79 Å². The number of aromatic nitrogens is 3. The number of fused-ring (bicyclic) bond motifs is 1. The summed E-state index contributed by atoms with van der Waals surface area (Å²) in [5, 5.41) is 15.1. The Bertz CT molecular complexity index is 1210. The van der Waals surface area contributed by atoms with Gasteiger partial charge in [-0.2, -0.15) is 0 Å². The van der Waals surface area contributed by atoms with E-state index in [0.717, 1.165) is 38.1 Å². The zero-order chi connectivity index (χ0) is 22.1. The minimum atomic E-state index is -0.855. The number of oxime groups is 1. The normalized spacial score (nSPS) is 17.8. The van der Waals surface area contributed by atoms with E-state index in [-0.39, 0.29) is 17.8 Å². The predicted molar refractivity (Wildman–Crippen MR) is 114 cm³/mol. The van der Waals surface area contributed by atoms with E-state index >= 15 is 0 Å². The summed E-state index contributed by atoms with van der Waals surface area (Å²) >= 11 is 0. The summed E-state index contributed by atoms with van der Waals surface area (Å²) < 4.78 is 30.1. The zero-order valence-corrected chi connectivity index (χ0v) is 17.2. The molecule has 2 aliphatic heterocycles. The van der Waals surface area contributed by atoms with Gasteiger partial charge in [0.05, 0.1) is 11.3 Å². The molecule has 0 saturated heterocycles. The maximum atomic E-state index is 14.6. The van der Waals surface area contributed by atoms with Crippen molar-refractivity contribution in [2.24, 2.45) is 5.16 Å². The van der Waals surface area contributed by atoms with Crippen LogP contribution in [0.3, 0.4) is 0 Å². The van der Waals surface area contributed by atoms with Crippen LogP contribution in [-0.4, -0.2) is 32.5 Å². The van der Waals surface area contributed by atoms with E-state index in [0.29, 0.717) is 22.8 Å². The Kier molecular flexibility index (Phi) is 5.38. The third-order valence-electron chi connectivity index (χ3n) is 5.70. The molecular weight excluding hydrogens is 416 g/mol. The van der Waals surface area contributed by atoms with Crippen LogP contribution in [0.5, 0.6) is 0 Å². The Morgan fingerprint density at radius 1 is 1.09 bits per heavy atom. The van der Waals surface area contributed by atoms with Crippen LogP contribution < -0.4 is 5.32 Å². The van der Waals surface area contributed by atoms with Crippen LogP contribution in [0.4, 0.5) is 14.5 Å². The lowest BCUT2D eigenvalue weighted by Gasteiger charge is -2.12. The van der Waals surface area contributed by atoms with Crippen LogP contribution >= 0.6 is 0 Å². The third kappa shape index (κ3) is 3.98. The summed E-state index contributed by atoms with van der Waals surface area (Å²) in [6.07, 6.45) is 3.30. The molecule has 2 aliphatic rings. The number of benzene rings is 2. The van der Waals surface area contributed by atoms with Crippen molar-refractivity contribution in [1.82, 2.24) is 14.8 Å². The summed E-state index contributed by atoms with van der Waals surface area (Å²) in [5.41, 5.74) is 1.76. The van der Waals surface area contributed by atoms with E-state index in [2.05, 4.69) is 20.7 Å². The molecule has 0 spiro atoms. The summed E-state index contributed by atoms with van der Waals surface area (Å²) in [5.74, 6) is 0.0782. The van der Waals surface area contributed by atoms with Gasteiger partial charge in [0.25, 0.3) is 5.91 Å². The number of anilines is 1. The summed E-state index contributed by atoms with van der Waals surface area (Å²) in [6.45, 7) is 0.740. The summed E-state index contributed by atoms with van der Waals surface area (Å²) in [7, 11) is 0. The number of halogens is 2. The zero-order valence-electron chi connectivity index (χ0n) is 17.2. The SMILES string of the molecule is O=C(Nc1ccc(F)c(-c2nnc3n2CCCCC3)c1)C1CC(c2cccc(F)c2)=NO1. The largest absolute Gasteiger partial charge is 0.382 e. The lowest BCUT2D eigenvalue weighted by molar-refractivity contribution is -0.125. The Morgan fingerprint density at radius 3 is 2.88 bits per heavy atom. The second-order valence-corrected chi connectivity index (χ2v) is 7.93.